The van der Waals surface area contributed by atoms with E-state index in [0.29, 0.717) is 0 Å². The van der Waals surface area contributed by atoms with Gasteiger partial charge in [0.05, 0.1) is 5.60 Å². The van der Waals surface area contributed by atoms with E-state index in [1.54, 1.807) is 0 Å². The Kier molecular flexibility index (Phi) is 7.20. The van der Waals surface area contributed by atoms with Crippen LogP contribution in [0.5, 0.6) is 0 Å². The van der Waals surface area contributed by atoms with Gasteiger partial charge in [0.1, 0.15) is 0 Å². The molecule has 0 bridgehead atoms. The predicted octanol–water partition coefficient (Wildman–Crippen LogP) is 2.51. The maximum atomic E-state index is 5.62. The zero-order valence-electron chi connectivity index (χ0n) is 12.8. The fourth-order valence-electron chi connectivity index (χ4n) is 2.66. The second-order valence-electron chi connectivity index (χ2n) is 6.32. The van der Waals surface area contributed by atoms with Gasteiger partial charge in [0.2, 0.25) is 0 Å². The van der Waals surface area contributed by atoms with Crippen LogP contribution in [0.2, 0.25) is 0 Å². The van der Waals surface area contributed by atoms with Crippen molar-refractivity contribution in [3.8, 4) is 0 Å². The standard InChI is InChI=1S/C15H32N2O/c1-14(2)7-5-9-16-10-12-17-11-6-8-15(3,13-17)18-4/h14,16H,5-13H2,1-4H3. The van der Waals surface area contributed by atoms with Crippen LogP contribution < -0.4 is 5.32 Å². The highest BCUT2D eigenvalue weighted by Crippen LogP contribution is 2.23. The molecule has 1 rings (SSSR count). The van der Waals surface area contributed by atoms with E-state index in [9.17, 15) is 0 Å². The highest BCUT2D eigenvalue weighted by Gasteiger charge is 2.30. The molecule has 3 nitrogen and oxygen atoms in total. The van der Waals surface area contributed by atoms with Crippen LogP contribution in [0.1, 0.15) is 46.5 Å². The molecular weight excluding hydrogens is 224 g/mol. The van der Waals surface area contributed by atoms with E-state index in [1.165, 1.54) is 32.2 Å². The summed E-state index contributed by atoms with van der Waals surface area (Å²) >= 11 is 0. The van der Waals surface area contributed by atoms with Gasteiger partial charge < -0.3 is 10.1 Å². The fourth-order valence-corrected chi connectivity index (χ4v) is 2.66. The summed E-state index contributed by atoms with van der Waals surface area (Å²) in [6.45, 7) is 12.5. The van der Waals surface area contributed by atoms with Crippen molar-refractivity contribution in [1.29, 1.82) is 0 Å². The SMILES string of the molecule is COC1(C)CCCN(CCNCCCC(C)C)C1. The molecule has 1 atom stereocenters. The molecule has 0 aromatic rings. The summed E-state index contributed by atoms with van der Waals surface area (Å²) in [6.07, 6.45) is 5.09. The zero-order chi connectivity index (χ0) is 13.4. The van der Waals surface area contributed by atoms with E-state index in [-0.39, 0.29) is 5.60 Å². The molecule has 0 amide bonds. The summed E-state index contributed by atoms with van der Waals surface area (Å²) in [5, 5.41) is 3.55. The number of ether oxygens (including phenoxy) is 1. The Morgan fingerprint density at radius 3 is 2.78 bits per heavy atom. The lowest BCUT2D eigenvalue weighted by atomic mass is 9.95. The average molecular weight is 256 g/mol. The van der Waals surface area contributed by atoms with Crippen LogP contribution in [-0.2, 0) is 4.74 Å². The molecule has 1 heterocycles. The number of nitrogens with one attached hydrogen (secondary N) is 1. The van der Waals surface area contributed by atoms with Crippen LogP contribution in [0.3, 0.4) is 0 Å². The van der Waals surface area contributed by atoms with Gasteiger partial charge in [-0.3, -0.25) is 4.90 Å². The number of hydrogen-bond donors (Lipinski definition) is 1. The predicted molar refractivity (Wildman–Crippen MR) is 78.0 cm³/mol. The van der Waals surface area contributed by atoms with E-state index >= 15 is 0 Å². The lowest BCUT2D eigenvalue weighted by Crippen LogP contribution is -2.49. The number of likely N-dealkylation sites (tertiary alicyclic amines) is 1. The molecule has 0 aromatic heterocycles. The Morgan fingerprint density at radius 1 is 1.33 bits per heavy atom. The molecule has 0 aromatic carbocycles. The van der Waals surface area contributed by atoms with Crippen molar-refractivity contribution in [1.82, 2.24) is 10.2 Å². The second-order valence-corrected chi connectivity index (χ2v) is 6.32. The number of hydrogen-bond acceptors (Lipinski definition) is 3. The first-order chi connectivity index (χ1) is 8.56. The third kappa shape index (κ3) is 6.17. The second kappa shape index (κ2) is 8.13. The maximum absolute atomic E-state index is 5.62. The number of nitrogens with zero attached hydrogens (tertiary/aromatic N) is 1. The summed E-state index contributed by atoms with van der Waals surface area (Å²) in [6, 6.07) is 0. The van der Waals surface area contributed by atoms with Crippen LogP contribution >= 0.6 is 0 Å². The first-order valence-electron chi connectivity index (χ1n) is 7.54. The van der Waals surface area contributed by atoms with Crippen LogP contribution in [0.15, 0.2) is 0 Å². The highest BCUT2D eigenvalue weighted by molar-refractivity contribution is 4.84. The average Bonchev–Trinajstić information content (AvgIpc) is 2.33. The number of methoxy groups -OCH3 is 1. The van der Waals surface area contributed by atoms with Gasteiger partial charge in [0, 0.05) is 26.7 Å². The van der Waals surface area contributed by atoms with E-state index in [4.69, 9.17) is 4.74 Å². The van der Waals surface area contributed by atoms with Gasteiger partial charge in [-0.25, -0.2) is 0 Å². The first-order valence-corrected chi connectivity index (χ1v) is 7.54. The van der Waals surface area contributed by atoms with Gasteiger partial charge in [0.15, 0.2) is 0 Å². The van der Waals surface area contributed by atoms with Gasteiger partial charge in [-0.1, -0.05) is 13.8 Å². The molecule has 1 fully saturated rings. The van der Waals surface area contributed by atoms with Gasteiger partial charge in [-0.15, -0.1) is 0 Å². The van der Waals surface area contributed by atoms with Crippen LogP contribution in [0.25, 0.3) is 0 Å². The molecule has 0 saturated carbocycles. The molecule has 1 aliphatic heterocycles. The number of rotatable bonds is 8. The molecule has 1 saturated heterocycles. The quantitative estimate of drug-likeness (QED) is 0.675. The smallest absolute Gasteiger partial charge is 0.0777 e. The van der Waals surface area contributed by atoms with Crippen LogP contribution in [-0.4, -0.2) is 50.3 Å². The summed E-state index contributed by atoms with van der Waals surface area (Å²) in [4.78, 5) is 2.53. The Morgan fingerprint density at radius 2 is 2.11 bits per heavy atom. The van der Waals surface area contributed by atoms with Crippen molar-refractivity contribution in [2.24, 2.45) is 5.92 Å². The summed E-state index contributed by atoms with van der Waals surface area (Å²) in [7, 11) is 1.84. The van der Waals surface area contributed by atoms with Gasteiger partial charge in [-0.2, -0.15) is 0 Å². The normalized spacial score (nSPS) is 25.8. The van der Waals surface area contributed by atoms with Crippen molar-refractivity contribution in [2.75, 3.05) is 39.8 Å². The van der Waals surface area contributed by atoms with Crippen molar-refractivity contribution in [2.45, 2.75) is 52.1 Å². The van der Waals surface area contributed by atoms with Crippen LogP contribution in [0.4, 0.5) is 0 Å². The minimum absolute atomic E-state index is 0.0793. The first kappa shape index (κ1) is 15.9. The lowest BCUT2D eigenvalue weighted by molar-refractivity contribution is -0.0502. The highest BCUT2D eigenvalue weighted by atomic mass is 16.5. The molecule has 1 unspecified atom stereocenters. The maximum Gasteiger partial charge on any atom is 0.0777 e. The van der Waals surface area contributed by atoms with Gasteiger partial charge in [-0.05, 0) is 51.6 Å². The van der Waals surface area contributed by atoms with Crippen molar-refractivity contribution in [3.05, 3.63) is 0 Å². The lowest BCUT2D eigenvalue weighted by Gasteiger charge is -2.39. The zero-order valence-corrected chi connectivity index (χ0v) is 12.8. The molecular formula is C15H32N2O. The molecule has 0 spiro atoms. The van der Waals surface area contributed by atoms with Crippen molar-refractivity contribution in [3.63, 3.8) is 0 Å². The fraction of sp³-hybridized carbons (Fsp3) is 1.00. The topological polar surface area (TPSA) is 24.5 Å². The molecule has 3 heteroatoms. The van der Waals surface area contributed by atoms with Crippen molar-refractivity contribution >= 4 is 0 Å². The van der Waals surface area contributed by atoms with E-state index in [0.717, 1.165) is 32.1 Å². The van der Waals surface area contributed by atoms with E-state index in [1.807, 2.05) is 7.11 Å². The summed E-state index contributed by atoms with van der Waals surface area (Å²) in [5.74, 6) is 0.830. The Labute approximate surface area is 113 Å². The summed E-state index contributed by atoms with van der Waals surface area (Å²) < 4.78 is 5.62. The summed E-state index contributed by atoms with van der Waals surface area (Å²) in [5.41, 5.74) is 0.0793. The molecule has 1 aliphatic rings. The molecule has 108 valence electrons. The third-order valence-electron chi connectivity index (χ3n) is 3.97. The van der Waals surface area contributed by atoms with Gasteiger partial charge in [0.25, 0.3) is 0 Å². The molecule has 0 radical (unpaired) electrons. The Hall–Kier alpha value is -0.120. The van der Waals surface area contributed by atoms with Crippen molar-refractivity contribution < 1.29 is 4.74 Å². The van der Waals surface area contributed by atoms with E-state index in [2.05, 4.69) is 31.0 Å². The minimum Gasteiger partial charge on any atom is -0.377 e. The largest absolute Gasteiger partial charge is 0.377 e. The third-order valence-corrected chi connectivity index (χ3v) is 3.97. The van der Waals surface area contributed by atoms with Gasteiger partial charge >= 0.3 is 0 Å². The molecule has 1 N–H and O–H groups in total. The Balaban J connectivity index is 2.05. The minimum atomic E-state index is 0.0793. The molecule has 0 aliphatic carbocycles. The Bertz CT molecular complexity index is 221. The monoisotopic (exact) mass is 256 g/mol. The molecule has 18 heavy (non-hydrogen) atoms. The number of piperidine rings is 1. The van der Waals surface area contributed by atoms with Crippen LogP contribution in [0, 0.1) is 5.92 Å². The van der Waals surface area contributed by atoms with E-state index < -0.39 is 0 Å².